The second-order valence-corrected chi connectivity index (χ2v) is 4.88. The summed E-state index contributed by atoms with van der Waals surface area (Å²) in [6.07, 6.45) is 2.00. The summed E-state index contributed by atoms with van der Waals surface area (Å²) in [6.45, 7) is 10.6. The van der Waals surface area contributed by atoms with Crippen molar-refractivity contribution in [2.75, 3.05) is 5.73 Å². The highest BCUT2D eigenvalue weighted by atomic mass is 14.9. The van der Waals surface area contributed by atoms with Crippen LogP contribution >= 0.6 is 0 Å². The van der Waals surface area contributed by atoms with Crippen LogP contribution in [0.4, 0.5) is 5.69 Å². The number of hydrogen-bond donors (Lipinski definition) is 1. The molecule has 16 heavy (non-hydrogen) atoms. The molecule has 0 saturated heterocycles. The van der Waals surface area contributed by atoms with E-state index in [1.165, 1.54) is 0 Å². The van der Waals surface area contributed by atoms with Crippen LogP contribution in [0, 0.1) is 0 Å². The minimum Gasteiger partial charge on any atom is -0.396 e. The van der Waals surface area contributed by atoms with Gasteiger partial charge in [-0.15, -0.1) is 0 Å². The monoisotopic (exact) mass is 221 g/mol. The summed E-state index contributed by atoms with van der Waals surface area (Å²) in [5, 5.41) is 0. The van der Waals surface area contributed by atoms with Crippen LogP contribution in [0.25, 0.3) is 0 Å². The van der Waals surface area contributed by atoms with E-state index in [2.05, 4.69) is 44.6 Å². The van der Waals surface area contributed by atoms with Gasteiger partial charge in [-0.05, 0) is 18.3 Å². The van der Waals surface area contributed by atoms with Crippen LogP contribution in [-0.4, -0.2) is 9.97 Å². The summed E-state index contributed by atoms with van der Waals surface area (Å²) in [7, 11) is 0. The highest BCUT2D eigenvalue weighted by Gasteiger charge is 2.15. The first-order valence-corrected chi connectivity index (χ1v) is 6.13. The molecular weight excluding hydrogens is 198 g/mol. The third kappa shape index (κ3) is 2.71. The standard InChI is InChI=1S/C13H23N3/c1-6-7-10-15-12(8(2)3)11(14)13(16-10)9(4)5/h8-9H,6-7,14H2,1-5H3. The van der Waals surface area contributed by atoms with Gasteiger partial charge in [0.25, 0.3) is 0 Å². The molecule has 3 heteroatoms. The molecule has 0 atom stereocenters. The molecule has 1 heterocycles. The SMILES string of the molecule is CCCc1nc(C(C)C)c(N)c(C(C)C)n1. The van der Waals surface area contributed by atoms with Crippen molar-refractivity contribution in [1.82, 2.24) is 9.97 Å². The van der Waals surface area contributed by atoms with Crippen molar-refractivity contribution < 1.29 is 0 Å². The Morgan fingerprint density at radius 3 is 1.75 bits per heavy atom. The number of aryl methyl sites for hydroxylation is 1. The van der Waals surface area contributed by atoms with Gasteiger partial charge in [0, 0.05) is 6.42 Å². The van der Waals surface area contributed by atoms with E-state index in [-0.39, 0.29) is 0 Å². The van der Waals surface area contributed by atoms with Crippen molar-refractivity contribution in [2.45, 2.75) is 59.3 Å². The zero-order valence-electron chi connectivity index (χ0n) is 11.0. The van der Waals surface area contributed by atoms with Crippen molar-refractivity contribution in [2.24, 2.45) is 0 Å². The van der Waals surface area contributed by atoms with E-state index in [0.717, 1.165) is 35.7 Å². The topological polar surface area (TPSA) is 51.8 Å². The number of hydrogen-bond acceptors (Lipinski definition) is 3. The van der Waals surface area contributed by atoms with E-state index in [1.807, 2.05) is 0 Å². The fourth-order valence-corrected chi connectivity index (χ4v) is 1.77. The molecule has 1 aromatic rings. The molecule has 90 valence electrons. The molecule has 0 saturated carbocycles. The molecule has 1 rings (SSSR count). The van der Waals surface area contributed by atoms with Crippen LogP contribution in [0.15, 0.2) is 0 Å². The zero-order chi connectivity index (χ0) is 12.3. The molecule has 0 bridgehead atoms. The largest absolute Gasteiger partial charge is 0.396 e. The maximum Gasteiger partial charge on any atom is 0.129 e. The second-order valence-electron chi connectivity index (χ2n) is 4.88. The summed E-state index contributed by atoms with van der Waals surface area (Å²) in [6, 6.07) is 0. The van der Waals surface area contributed by atoms with Gasteiger partial charge in [-0.2, -0.15) is 0 Å². The van der Waals surface area contributed by atoms with E-state index in [4.69, 9.17) is 5.73 Å². The molecule has 0 aromatic carbocycles. The van der Waals surface area contributed by atoms with Gasteiger partial charge in [0.1, 0.15) is 5.82 Å². The van der Waals surface area contributed by atoms with Crippen molar-refractivity contribution in [1.29, 1.82) is 0 Å². The normalized spacial score (nSPS) is 11.4. The van der Waals surface area contributed by atoms with Crippen LogP contribution in [0.2, 0.25) is 0 Å². The van der Waals surface area contributed by atoms with E-state index >= 15 is 0 Å². The summed E-state index contributed by atoms with van der Waals surface area (Å²) in [5.41, 5.74) is 8.91. The van der Waals surface area contributed by atoms with E-state index < -0.39 is 0 Å². The van der Waals surface area contributed by atoms with Gasteiger partial charge < -0.3 is 5.73 Å². The molecular formula is C13H23N3. The highest BCUT2D eigenvalue weighted by Crippen LogP contribution is 2.27. The van der Waals surface area contributed by atoms with Gasteiger partial charge >= 0.3 is 0 Å². The van der Waals surface area contributed by atoms with Gasteiger partial charge in [-0.1, -0.05) is 34.6 Å². The Morgan fingerprint density at radius 1 is 1.00 bits per heavy atom. The van der Waals surface area contributed by atoms with Crippen LogP contribution in [0.5, 0.6) is 0 Å². The Labute approximate surface area is 98.5 Å². The molecule has 2 N–H and O–H groups in total. The lowest BCUT2D eigenvalue weighted by atomic mass is 10.0. The number of rotatable bonds is 4. The number of nitrogen functional groups attached to an aromatic ring is 1. The smallest absolute Gasteiger partial charge is 0.129 e. The van der Waals surface area contributed by atoms with Crippen molar-refractivity contribution >= 4 is 5.69 Å². The number of aromatic nitrogens is 2. The molecule has 0 fully saturated rings. The molecule has 3 nitrogen and oxygen atoms in total. The molecule has 0 amide bonds. The summed E-state index contributed by atoms with van der Waals surface area (Å²) in [5.74, 6) is 1.65. The van der Waals surface area contributed by atoms with Gasteiger partial charge in [0.2, 0.25) is 0 Å². The maximum absolute atomic E-state index is 6.13. The summed E-state index contributed by atoms with van der Waals surface area (Å²) >= 11 is 0. The summed E-state index contributed by atoms with van der Waals surface area (Å²) in [4.78, 5) is 9.14. The predicted molar refractivity (Wildman–Crippen MR) is 68.6 cm³/mol. The van der Waals surface area contributed by atoms with Crippen molar-refractivity contribution in [3.05, 3.63) is 17.2 Å². The lowest BCUT2D eigenvalue weighted by Gasteiger charge is -2.16. The van der Waals surface area contributed by atoms with E-state index in [0.29, 0.717) is 11.8 Å². The fraction of sp³-hybridized carbons (Fsp3) is 0.692. The zero-order valence-corrected chi connectivity index (χ0v) is 11.0. The molecule has 0 aliphatic heterocycles. The Balaban J connectivity index is 3.27. The fourth-order valence-electron chi connectivity index (χ4n) is 1.77. The molecule has 1 aromatic heterocycles. The lowest BCUT2D eigenvalue weighted by molar-refractivity contribution is 0.727. The first-order valence-electron chi connectivity index (χ1n) is 6.13. The third-order valence-electron chi connectivity index (χ3n) is 2.62. The van der Waals surface area contributed by atoms with Crippen LogP contribution < -0.4 is 5.73 Å². The van der Waals surface area contributed by atoms with E-state index in [1.54, 1.807) is 0 Å². The molecule has 0 aliphatic carbocycles. The quantitative estimate of drug-likeness (QED) is 0.849. The Morgan fingerprint density at radius 2 is 1.44 bits per heavy atom. The second kappa shape index (κ2) is 5.28. The average Bonchev–Trinajstić information content (AvgIpc) is 2.19. The number of nitrogens with two attached hydrogens (primary N) is 1. The van der Waals surface area contributed by atoms with Crippen molar-refractivity contribution in [3.63, 3.8) is 0 Å². The Bertz CT molecular complexity index is 327. The third-order valence-corrected chi connectivity index (χ3v) is 2.62. The minimum atomic E-state index is 0.358. The average molecular weight is 221 g/mol. The van der Waals surface area contributed by atoms with Gasteiger partial charge in [-0.3, -0.25) is 0 Å². The number of nitrogens with zero attached hydrogens (tertiary/aromatic N) is 2. The van der Waals surface area contributed by atoms with Crippen LogP contribution in [0.3, 0.4) is 0 Å². The predicted octanol–water partition coefficient (Wildman–Crippen LogP) is 3.26. The van der Waals surface area contributed by atoms with Crippen molar-refractivity contribution in [3.8, 4) is 0 Å². The van der Waals surface area contributed by atoms with Crippen LogP contribution in [0.1, 0.15) is 70.1 Å². The van der Waals surface area contributed by atoms with Gasteiger partial charge in [0.15, 0.2) is 0 Å². The molecule has 0 spiro atoms. The molecule has 0 unspecified atom stereocenters. The first kappa shape index (κ1) is 12.9. The molecule has 0 aliphatic rings. The van der Waals surface area contributed by atoms with Gasteiger partial charge in [-0.25, -0.2) is 9.97 Å². The number of anilines is 1. The Kier molecular flexibility index (Phi) is 4.27. The highest BCUT2D eigenvalue weighted by molar-refractivity contribution is 5.50. The Hall–Kier alpha value is -1.12. The van der Waals surface area contributed by atoms with E-state index in [9.17, 15) is 0 Å². The minimum absolute atomic E-state index is 0.358. The van der Waals surface area contributed by atoms with Gasteiger partial charge in [0.05, 0.1) is 17.1 Å². The molecule has 0 radical (unpaired) electrons. The summed E-state index contributed by atoms with van der Waals surface area (Å²) < 4.78 is 0. The first-order chi connectivity index (χ1) is 7.47. The van der Waals surface area contributed by atoms with Crippen LogP contribution in [-0.2, 0) is 6.42 Å². The maximum atomic E-state index is 6.13. The lowest BCUT2D eigenvalue weighted by Crippen LogP contribution is -2.11.